The monoisotopic (exact) mass is 254 g/mol. The van der Waals surface area contributed by atoms with E-state index < -0.39 is 5.97 Å². The second-order valence-corrected chi connectivity index (χ2v) is 5.52. The first kappa shape index (κ1) is 10.8. The van der Waals surface area contributed by atoms with Crippen LogP contribution in [0.2, 0.25) is 0 Å². The van der Waals surface area contributed by atoms with Crippen LogP contribution in [0.1, 0.15) is 33.2 Å². The van der Waals surface area contributed by atoms with Crippen LogP contribution < -0.4 is 0 Å². The third kappa shape index (κ3) is 1.52. The van der Waals surface area contributed by atoms with Gasteiger partial charge in [-0.05, 0) is 30.2 Å². The van der Waals surface area contributed by atoms with Gasteiger partial charge in [0.05, 0.1) is 0 Å². The van der Waals surface area contributed by atoms with E-state index in [2.05, 4.69) is 34.5 Å². The summed E-state index contributed by atoms with van der Waals surface area (Å²) in [6.45, 7) is 0. The maximum absolute atomic E-state index is 11.0. The van der Waals surface area contributed by atoms with Gasteiger partial charge in [0.2, 0.25) is 0 Å². The molecule has 1 aromatic carbocycles. The van der Waals surface area contributed by atoms with E-state index in [0.29, 0.717) is 17.8 Å². The van der Waals surface area contributed by atoms with Gasteiger partial charge in [0, 0.05) is 17.2 Å². The Bertz CT molecular complexity index is 647. The van der Waals surface area contributed by atoms with Crippen LogP contribution in [0.25, 0.3) is 0 Å². The number of aromatic nitrogens is 2. The second-order valence-electron chi connectivity index (χ2n) is 5.52. The van der Waals surface area contributed by atoms with Crippen molar-refractivity contribution in [1.29, 1.82) is 0 Å². The van der Waals surface area contributed by atoms with Gasteiger partial charge in [-0.1, -0.05) is 30.3 Å². The second kappa shape index (κ2) is 3.70. The van der Waals surface area contributed by atoms with E-state index in [0.717, 1.165) is 24.1 Å². The van der Waals surface area contributed by atoms with Gasteiger partial charge in [0.25, 0.3) is 0 Å². The molecule has 2 aromatic rings. The molecule has 0 spiro atoms. The fraction of sp³-hybridized carbons (Fsp3) is 0.333. The number of hydrogen-bond donors (Lipinski definition) is 2. The van der Waals surface area contributed by atoms with E-state index in [9.17, 15) is 4.79 Å². The Morgan fingerprint density at radius 1 is 1.37 bits per heavy atom. The zero-order valence-corrected chi connectivity index (χ0v) is 10.3. The van der Waals surface area contributed by atoms with E-state index in [-0.39, 0.29) is 5.69 Å². The molecule has 0 bridgehead atoms. The van der Waals surface area contributed by atoms with Gasteiger partial charge >= 0.3 is 5.97 Å². The number of aromatic carboxylic acids is 1. The summed E-state index contributed by atoms with van der Waals surface area (Å²) in [6, 6.07) is 10.5. The van der Waals surface area contributed by atoms with Crippen molar-refractivity contribution < 1.29 is 9.90 Å². The van der Waals surface area contributed by atoms with Gasteiger partial charge in [-0.25, -0.2) is 4.79 Å². The number of carboxylic acid groups (broad SMARTS) is 1. The first-order valence-corrected chi connectivity index (χ1v) is 6.60. The number of rotatable bonds is 3. The van der Waals surface area contributed by atoms with E-state index in [1.54, 1.807) is 0 Å². The van der Waals surface area contributed by atoms with Crippen molar-refractivity contribution in [2.75, 3.05) is 0 Å². The minimum absolute atomic E-state index is 0.223. The quantitative estimate of drug-likeness (QED) is 0.882. The van der Waals surface area contributed by atoms with Gasteiger partial charge in [-0.3, -0.25) is 5.10 Å². The zero-order chi connectivity index (χ0) is 13.0. The molecular weight excluding hydrogens is 240 g/mol. The lowest BCUT2D eigenvalue weighted by Crippen LogP contribution is -2.03. The summed E-state index contributed by atoms with van der Waals surface area (Å²) in [4.78, 5) is 11.0. The van der Waals surface area contributed by atoms with Crippen LogP contribution in [0.3, 0.4) is 0 Å². The molecule has 1 heterocycles. The van der Waals surface area contributed by atoms with Crippen molar-refractivity contribution in [2.45, 2.75) is 18.8 Å². The molecule has 4 rings (SSSR count). The number of benzene rings is 1. The molecule has 3 atom stereocenters. The van der Waals surface area contributed by atoms with E-state index in [4.69, 9.17) is 5.11 Å². The van der Waals surface area contributed by atoms with Crippen LogP contribution in [0, 0.1) is 11.8 Å². The Balaban J connectivity index is 1.56. The number of carbonyl (C=O) groups is 1. The normalized spacial score (nSPS) is 26.8. The van der Waals surface area contributed by atoms with Gasteiger partial charge in [-0.2, -0.15) is 5.10 Å². The van der Waals surface area contributed by atoms with Crippen molar-refractivity contribution in [3.8, 4) is 0 Å². The molecule has 19 heavy (non-hydrogen) atoms. The van der Waals surface area contributed by atoms with E-state index in [1.165, 1.54) is 5.56 Å². The molecule has 2 aliphatic rings. The number of aromatic amines is 1. The summed E-state index contributed by atoms with van der Waals surface area (Å²) in [5.74, 6) is 0.841. The smallest absolute Gasteiger partial charge is 0.356 e. The lowest BCUT2D eigenvalue weighted by atomic mass is 10.0. The molecule has 1 fully saturated rings. The molecule has 0 saturated heterocycles. The molecule has 2 aliphatic carbocycles. The summed E-state index contributed by atoms with van der Waals surface area (Å²) in [5, 5.41) is 15.9. The summed E-state index contributed by atoms with van der Waals surface area (Å²) >= 11 is 0. The molecule has 1 aromatic heterocycles. The summed E-state index contributed by atoms with van der Waals surface area (Å²) in [7, 11) is 0. The van der Waals surface area contributed by atoms with Crippen LogP contribution in [0.15, 0.2) is 30.3 Å². The zero-order valence-electron chi connectivity index (χ0n) is 10.3. The molecule has 4 nitrogen and oxygen atoms in total. The summed E-state index contributed by atoms with van der Waals surface area (Å²) in [5.41, 5.74) is 3.59. The molecule has 2 N–H and O–H groups in total. The predicted octanol–water partition coefficient (Wildman–Crippen LogP) is 2.24. The van der Waals surface area contributed by atoms with Crippen molar-refractivity contribution in [3.63, 3.8) is 0 Å². The molecule has 1 saturated carbocycles. The fourth-order valence-electron chi connectivity index (χ4n) is 3.59. The largest absolute Gasteiger partial charge is 0.476 e. The minimum atomic E-state index is -0.918. The average Bonchev–Trinajstić information content (AvgIpc) is 2.75. The highest BCUT2D eigenvalue weighted by molar-refractivity contribution is 5.87. The Hall–Kier alpha value is -2.10. The lowest BCUT2D eigenvalue weighted by molar-refractivity contribution is 0.0689. The van der Waals surface area contributed by atoms with Gasteiger partial charge in [0.1, 0.15) is 0 Å². The van der Waals surface area contributed by atoms with Gasteiger partial charge < -0.3 is 5.11 Å². The average molecular weight is 254 g/mol. The Kier molecular flexibility index (Phi) is 2.10. The fourth-order valence-corrected chi connectivity index (χ4v) is 3.59. The predicted molar refractivity (Wildman–Crippen MR) is 69.1 cm³/mol. The summed E-state index contributed by atoms with van der Waals surface area (Å²) < 4.78 is 0. The third-order valence-electron chi connectivity index (χ3n) is 4.52. The van der Waals surface area contributed by atoms with Gasteiger partial charge in [-0.15, -0.1) is 0 Å². The first-order valence-electron chi connectivity index (χ1n) is 6.60. The Morgan fingerprint density at radius 3 is 2.89 bits per heavy atom. The van der Waals surface area contributed by atoms with Crippen molar-refractivity contribution in [2.24, 2.45) is 11.8 Å². The summed E-state index contributed by atoms with van der Waals surface area (Å²) in [6.07, 6.45) is 1.95. The highest BCUT2D eigenvalue weighted by Gasteiger charge is 2.57. The maximum Gasteiger partial charge on any atom is 0.356 e. The minimum Gasteiger partial charge on any atom is -0.476 e. The first-order chi connectivity index (χ1) is 9.25. The van der Waals surface area contributed by atoms with Crippen LogP contribution in [0.4, 0.5) is 0 Å². The molecule has 96 valence electrons. The van der Waals surface area contributed by atoms with E-state index >= 15 is 0 Å². The molecule has 0 aliphatic heterocycles. The topological polar surface area (TPSA) is 66.0 Å². The third-order valence-corrected chi connectivity index (χ3v) is 4.52. The lowest BCUT2D eigenvalue weighted by Gasteiger charge is -2.04. The van der Waals surface area contributed by atoms with Crippen LogP contribution in [-0.4, -0.2) is 21.3 Å². The molecule has 4 heteroatoms. The number of carboxylic acids is 1. The Labute approximate surface area is 110 Å². The highest BCUT2D eigenvalue weighted by atomic mass is 16.4. The number of nitrogens with one attached hydrogen (secondary N) is 1. The van der Waals surface area contributed by atoms with Crippen molar-refractivity contribution >= 4 is 5.97 Å². The van der Waals surface area contributed by atoms with Crippen LogP contribution >= 0.6 is 0 Å². The van der Waals surface area contributed by atoms with Crippen LogP contribution in [0.5, 0.6) is 0 Å². The standard InChI is InChI=1S/C15H14N2O2/c18-15(19)14-11-7-10-9(12(10)13(11)16-17-14)6-8-4-2-1-3-5-8/h1-5,9-10,12H,6-7H2,(H,16,17)(H,18,19)/t9?,10-,12+/m0/s1. The molecular formula is C15H14N2O2. The number of fused-ring (bicyclic) bond motifs is 3. The molecule has 1 unspecified atom stereocenters. The SMILES string of the molecule is O=C(O)c1n[nH]c2c1C[C@H]1C(Cc3ccccc3)[C@@H]21. The maximum atomic E-state index is 11.0. The number of hydrogen-bond acceptors (Lipinski definition) is 2. The van der Waals surface area contributed by atoms with Gasteiger partial charge in [0.15, 0.2) is 5.69 Å². The molecule has 0 radical (unpaired) electrons. The molecule has 0 amide bonds. The Morgan fingerprint density at radius 2 is 2.16 bits per heavy atom. The highest BCUT2D eigenvalue weighted by Crippen LogP contribution is 2.62. The number of H-pyrrole nitrogens is 1. The number of nitrogens with zero attached hydrogens (tertiary/aromatic N) is 1. The van der Waals surface area contributed by atoms with Crippen molar-refractivity contribution in [3.05, 3.63) is 52.8 Å². The van der Waals surface area contributed by atoms with E-state index in [1.807, 2.05) is 6.07 Å². The van der Waals surface area contributed by atoms with Crippen LogP contribution in [-0.2, 0) is 12.8 Å². The van der Waals surface area contributed by atoms with Crippen molar-refractivity contribution in [1.82, 2.24) is 10.2 Å².